The fourth-order valence-corrected chi connectivity index (χ4v) is 6.16. The van der Waals surface area contributed by atoms with Gasteiger partial charge in [-0.2, -0.15) is 0 Å². The smallest absolute Gasteiger partial charge is 0.227 e. The van der Waals surface area contributed by atoms with Crippen molar-refractivity contribution in [1.82, 2.24) is 25.0 Å². The van der Waals surface area contributed by atoms with Gasteiger partial charge in [0.1, 0.15) is 6.23 Å². The lowest BCUT2D eigenvalue weighted by atomic mass is 9.74. The van der Waals surface area contributed by atoms with E-state index in [-0.39, 0.29) is 5.92 Å². The van der Waals surface area contributed by atoms with E-state index < -0.39 is 6.23 Å². The van der Waals surface area contributed by atoms with Crippen molar-refractivity contribution >= 4 is 16.8 Å². The first-order valence-corrected chi connectivity index (χ1v) is 13.9. The van der Waals surface area contributed by atoms with Gasteiger partial charge in [0.05, 0.1) is 5.92 Å². The Hall–Kier alpha value is -2.35. The summed E-state index contributed by atoms with van der Waals surface area (Å²) in [7, 11) is 2.13. The maximum atomic E-state index is 14.1. The zero-order valence-corrected chi connectivity index (χ0v) is 21.9. The van der Waals surface area contributed by atoms with Crippen molar-refractivity contribution in [3.8, 4) is 0 Å². The van der Waals surface area contributed by atoms with Gasteiger partial charge in [0.2, 0.25) is 5.91 Å². The topological polar surface area (TPSA) is 72.8 Å². The van der Waals surface area contributed by atoms with E-state index in [1.807, 2.05) is 0 Å². The van der Waals surface area contributed by atoms with E-state index in [4.69, 9.17) is 0 Å². The number of aliphatic hydroxyl groups excluding tert-OH is 1. The van der Waals surface area contributed by atoms with Crippen molar-refractivity contribution in [2.45, 2.75) is 64.4 Å². The molecule has 7 heteroatoms. The molecule has 2 aliphatic heterocycles. The average Bonchev–Trinajstić information content (AvgIpc) is 3.67. The molecular weight excluding hydrogens is 450 g/mol. The van der Waals surface area contributed by atoms with Gasteiger partial charge < -0.3 is 24.8 Å². The Labute approximate surface area is 215 Å². The van der Waals surface area contributed by atoms with Gasteiger partial charge >= 0.3 is 0 Å². The molecule has 1 saturated heterocycles. The number of hydrogen-bond donors (Lipinski definition) is 3. The van der Waals surface area contributed by atoms with E-state index in [0.717, 1.165) is 64.8 Å². The summed E-state index contributed by atoms with van der Waals surface area (Å²) >= 11 is 0. The van der Waals surface area contributed by atoms with Crippen LogP contribution in [0.15, 0.2) is 42.7 Å². The molecule has 3 N–H and O–H groups in total. The summed E-state index contributed by atoms with van der Waals surface area (Å²) in [5, 5.41) is 17.4. The number of hydrogen-bond acceptors (Lipinski definition) is 5. The van der Waals surface area contributed by atoms with Crippen molar-refractivity contribution in [1.29, 1.82) is 0 Å². The number of allylic oxidation sites excluding steroid dienone is 1. The number of carbonyl (C=O) groups excluding carboxylic acids is 1. The molecule has 36 heavy (non-hydrogen) atoms. The summed E-state index contributed by atoms with van der Waals surface area (Å²) in [4.78, 5) is 18.6. The SMILES string of the molecule is C[C@@H](O)NCCCn1cc(CN(C(=O)[C@H]2CNCC[C@@H]2[C@H]2C=CN(C)CC2)C2CC2)c2ccccc21. The van der Waals surface area contributed by atoms with E-state index in [1.165, 1.54) is 16.5 Å². The van der Waals surface area contributed by atoms with Crippen LogP contribution in [-0.4, -0.2) is 70.9 Å². The highest BCUT2D eigenvalue weighted by molar-refractivity contribution is 5.85. The largest absolute Gasteiger partial charge is 0.381 e. The van der Waals surface area contributed by atoms with Crippen LogP contribution in [0.2, 0.25) is 0 Å². The zero-order valence-electron chi connectivity index (χ0n) is 21.9. The van der Waals surface area contributed by atoms with E-state index in [9.17, 15) is 9.90 Å². The van der Waals surface area contributed by atoms with Gasteiger partial charge in [-0.25, -0.2) is 0 Å². The molecule has 1 aromatic heterocycles. The van der Waals surface area contributed by atoms with Crippen molar-refractivity contribution < 1.29 is 9.90 Å². The third kappa shape index (κ3) is 5.79. The molecule has 0 spiro atoms. The Kier molecular flexibility index (Phi) is 7.99. The summed E-state index contributed by atoms with van der Waals surface area (Å²) in [5.41, 5.74) is 2.47. The number of rotatable bonds is 10. The highest BCUT2D eigenvalue weighted by Crippen LogP contribution is 2.37. The summed E-state index contributed by atoms with van der Waals surface area (Å²) < 4.78 is 2.32. The van der Waals surface area contributed by atoms with Gasteiger partial charge in [-0.1, -0.05) is 24.3 Å². The molecule has 2 aromatic rings. The Morgan fingerprint density at radius 3 is 2.83 bits per heavy atom. The average molecular weight is 494 g/mol. The van der Waals surface area contributed by atoms with Crippen LogP contribution < -0.4 is 10.6 Å². The molecule has 1 saturated carbocycles. The van der Waals surface area contributed by atoms with Crippen molar-refractivity contribution in [2.24, 2.45) is 17.8 Å². The maximum absolute atomic E-state index is 14.1. The minimum Gasteiger partial charge on any atom is -0.381 e. The number of piperidine rings is 1. The van der Waals surface area contributed by atoms with Crippen LogP contribution in [0.1, 0.15) is 44.6 Å². The molecule has 4 atom stereocenters. The maximum Gasteiger partial charge on any atom is 0.227 e. The van der Waals surface area contributed by atoms with E-state index >= 15 is 0 Å². The minimum atomic E-state index is -0.483. The standard InChI is InChI=1S/C29H43N5O2/c1-21(35)31-13-5-15-33-19-23(26-6-3-4-7-28(26)33)20-34(24-8-9-24)29(36)27-18-30-14-10-25(27)22-11-16-32(2)17-12-22/h3-4,6-7,11,16,19,21-22,24-25,27,30-31,35H,5,8-10,12-15,17-18,20H2,1-2H3/t21-,22+,25-,27+/m1/s1. The first kappa shape index (κ1) is 25.3. The van der Waals surface area contributed by atoms with E-state index in [2.05, 4.69) is 74.8 Å². The highest BCUT2D eigenvalue weighted by atomic mass is 16.3. The predicted molar refractivity (Wildman–Crippen MR) is 144 cm³/mol. The molecule has 3 heterocycles. The highest BCUT2D eigenvalue weighted by Gasteiger charge is 2.42. The minimum absolute atomic E-state index is 0.0531. The molecule has 5 rings (SSSR count). The second kappa shape index (κ2) is 11.4. The molecule has 196 valence electrons. The molecule has 3 aliphatic rings. The third-order valence-corrected chi connectivity index (χ3v) is 8.30. The van der Waals surface area contributed by atoms with Crippen LogP contribution in [0.5, 0.6) is 0 Å². The fourth-order valence-electron chi connectivity index (χ4n) is 6.16. The Morgan fingerprint density at radius 2 is 2.08 bits per heavy atom. The van der Waals surface area contributed by atoms with Crippen molar-refractivity contribution in [3.63, 3.8) is 0 Å². The van der Waals surface area contributed by atoms with Gasteiger partial charge in [0.15, 0.2) is 0 Å². The fraction of sp³-hybridized carbons (Fsp3) is 0.621. The second-order valence-corrected chi connectivity index (χ2v) is 11.1. The summed E-state index contributed by atoms with van der Waals surface area (Å²) in [6.07, 6.45) is 11.7. The lowest BCUT2D eigenvalue weighted by Gasteiger charge is -2.40. The quantitative estimate of drug-likeness (QED) is 0.350. The zero-order chi connectivity index (χ0) is 25.1. The number of para-hydroxylation sites is 1. The van der Waals surface area contributed by atoms with Gasteiger partial charge in [0.25, 0.3) is 0 Å². The molecule has 0 bridgehead atoms. The second-order valence-electron chi connectivity index (χ2n) is 11.1. The van der Waals surface area contributed by atoms with Crippen LogP contribution in [0.3, 0.4) is 0 Å². The van der Waals surface area contributed by atoms with Crippen LogP contribution in [-0.2, 0) is 17.9 Å². The molecule has 0 radical (unpaired) electrons. The van der Waals surface area contributed by atoms with Gasteiger partial charge in [-0.05, 0) is 81.8 Å². The van der Waals surface area contributed by atoms with Crippen LogP contribution in [0.25, 0.3) is 10.9 Å². The number of aryl methyl sites for hydroxylation is 1. The molecular formula is C29H43N5O2. The number of nitrogens with zero attached hydrogens (tertiary/aromatic N) is 3. The monoisotopic (exact) mass is 493 g/mol. The lowest BCUT2D eigenvalue weighted by Crippen LogP contribution is -2.49. The van der Waals surface area contributed by atoms with Gasteiger partial charge in [0, 0.05) is 56.4 Å². The number of aliphatic hydroxyl groups is 1. The number of benzene rings is 1. The van der Waals surface area contributed by atoms with Crippen molar-refractivity contribution in [3.05, 3.63) is 48.3 Å². The van der Waals surface area contributed by atoms with Crippen molar-refractivity contribution in [2.75, 3.05) is 33.2 Å². The first-order chi connectivity index (χ1) is 17.5. The summed E-state index contributed by atoms with van der Waals surface area (Å²) in [6, 6.07) is 8.94. The van der Waals surface area contributed by atoms with Crippen LogP contribution in [0, 0.1) is 17.8 Å². The molecule has 1 aromatic carbocycles. The number of nitrogens with one attached hydrogen (secondary N) is 2. The normalized spacial score (nSPS) is 25.3. The van der Waals surface area contributed by atoms with E-state index in [1.54, 1.807) is 6.92 Å². The lowest BCUT2D eigenvalue weighted by molar-refractivity contribution is -0.140. The predicted octanol–water partition coefficient (Wildman–Crippen LogP) is 3.14. The first-order valence-electron chi connectivity index (χ1n) is 13.9. The van der Waals surface area contributed by atoms with Crippen LogP contribution >= 0.6 is 0 Å². The van der Waals surface area contributed by atoms with E-state index in [0.29, 0.717) is 30.3 Å². The number of carbonyl (C=O) groups is 1. The summed E-state index contributed by atoms with van der Waals surface area (Å²) in [5.74, 6) is 1.32. The Bertz CT molecular complexity index is 1060. The number of aromatic nitrogens is 1. The van der Waals surface area contributed by atoms with Gasteiger partial charge in [-0.15, -0.1) is 0 Å². The number of fused-ring (bicyclic) bond motifs is 1. The molecule has 0 unspecified atom stereocenters. The third-order valence-electron chi connectivity index (χ3n) is 8.30. The summed E-state index contributed by atoms with van der Waals surface area (Å²) in [6.45, 7) is 6.98. The number of amides is 1. The molecule has 7 nitrogen and oxygen atoms in total. The molecule has 1 aliphatic carbocycles. The Morgan fingerprint density at radius 1 is 1.25 bits per heavy atom. The Balaban J connectivity index is 1.34. The molecule has 2 fully saturated rings. The van der Waals surface area contributed by atoms with Crippen LogP contribution in [0.4, 0.5) is 0 Å². The molecule has 1 amide bonds. The van der Waals surface area contributed by atoms with Gasteiger partial charge in [-0.3, -0.25) is 10.1 Å².